The lowest BCUT2D eigenvalue weighted by Crippen LogP contribution is -2.30. The first-order chi connectivity index (χ1) is 9.90. The number of carbonyl (C=O) groups excluding carboxylic acids is 1. The molecule has 2 heterocycles. The number of nitrogen functional groups attached to an aromatic ring is 1. The summed E-state index contributed by atoms with van der Waals surface area (Å²) in [6.07, 6.45) is 1.81. The van der Waals surface area contributed by atoms with Gasteiger partial charge in [0.1, 0.15) is 10.6 Å². The van der Waals surface area contributed by atoms with E-state index >= 15 is 0 Å². The third-order valence-corrected chi connectivity index (χ3v) is 3.96. The number of hydrogen-bond donors (Lipinski definition) is 3. The molecule has 0 saturated carbocycles. The number of nitrogens with one attached hydrogen (secondary N) is 2. The number of aromatic nitrogens is 3. The second-order valence-corrected chi connectivity index (χ2v) is 5.91. The van der Waals surface area contributed by atoms with Gasteiger partial charge in [0.15, 0.2) is 5.82 Å². The van der Waals surface area contributed by atoms with Gasteiger partial charge >= 0.3 is 0 Å². The topological polar surface area (TPSA) is 97.9 Å². The summed E-state index contributed by atoms with van der Waals surface area (Å²) >= 11 is 1.19. The van der Waals surface area contributed by atoms with Crippen molar-refractivity contribution in [2.45, 2.75) is 33.4 Å². The Labute approximate surface area is 127 Å². The SMILES string of the molecule is Cc1c(CNc2snc(N)c2C(=O)NC(C)C)cnn1C. The molecule has 7 nitrogen and oxygen atoms in total. The van der Waals surface area contributed by atoms with E-state index in [1.807, 2.05) is 32.5 Å². The fraction of sp³-hybridized carbons (Fsp3) is 0.462. The van der Waals surface area contributed by atoms with Gasteiger partial charge < -0.3 is 16.4 Å². The maximum Gasteiger partial charge on any atom is 0.258 e. The molecule has 0 atom stereocenters. The first kappa shape index (κ1) is 15.3. The van der Waals surface area contributed by atoms with Gasteiger partial charge in [-0.3, -0.25) is 9.48 Å². The first-order valence-electron chi connectivity index (χ1n) is 6.67. The fourth-order valence-corrected chi connectivity index (χ4v) is 2.58. The molecule has 1 amide bonds. The Bertz CT molecular complexity index is 645. The van der Waals surface area contributed by atoms with Crippen LogP contribution in [0.4, 0.5) is 10.8 Å². The van der Waals surface area contributed by atoms with Crippen LogP contribution in [0.1, 0.15) is 35.5 Å². The number of aryl methyl sites for hydroxylation is 1. The molecule has 4 N–H and O–H groups in total. The van der Waals surface area contributed by atoms with Gasteiger partial charge in [0.25, 0.3) is 5.91 Å². The average Bonchev–Trinajstić information content (AvgIpc) is 2.92. The van der Waals surface area contributed by atoms with Crippen molar-refractivity contribution < 1.29 is 4.79 Å². The van der Waals surface area contributed by atoms with Crippen LogP contribution in [0.2, 0.25) is 0 Å². The molecule has 0 aromatic carbocycles. The number of hydrogen-bond acceptors (Lipinski definition) is 6. The molecule has 0 bridgehead atoms. The average molecular weight is 308 g/mol. The van der Waals surface area contributed by atoms with E-state index in [1.165, 1.54) is 11.5 Å². The maximum atomic E-state index is 12.2. The summed E-state index contributed by atoms with van der Waals surface area (Å²) in [7, 11) is 1.89. The zero-order chi connectivity index (χ0) is 15.6. The highest BCUT2D eigenvalue weighted by Crippen LogP contribution is 2.27. The van der Waals surface area contributed by atoms with E-state index < -0.39 is 0 Å². The Balaban J connectivity index is 2.14. The van der Waals surface area contributed by atoms with Gasteiger partial charge in [-0.05, 0) is 32.3 Å². The largest absolute Gasteiger partial charge is 0.382 e. The molecule has 2 rings (SSSR count). The van der Waals surface area contributed by atoms with Gasteiger partial charge in [0.05, 0.1) is 6.20 Å². The van der Waals surface area contributed by atoms with Crippen LogP contribution < -0.4 is 16.4 Å². The highest BCUT2D eigenvalue weighted by molar-refractivity contribution is 7.11. The highest BCUT2D eigenvalue weighted by atomic mass is 32.1. The Kier molecular flexibility index (Phi) is 4.46. The molecule has 2 aromatic heterocycles. The Morgan fingerprint density at radius 2 is 2.24 bits per heavy atom. The summed E-state index contributed by atoms with van der Waals surface area (Å²) in [5.41, 5.74) is 8.36. The quantitative estimate of drug-likeness (QED) is 0.778. The molecule has 0 unspecified atom stereocenters. The van der Waals surface area contributed by atoms with Crippen LogP contribution in [-0.2, 0) is 13.6 Å². The normalized spacial score (nSPS) is 10.9. The van der Waals surface area contributed by atoms with Crippen LogP contribution in [-0.4, -0.2) is 26.1 Å². The van der Waals surface area contributed by atoms with E-state index in [0.29, 0.717) is 17.1 Å². The minimum atomic E-state index is -0.207. The Morgan fingerprint density at radius 3 is 2.81 bits per heavy atom. The fourth-order valence-electron chi connectivity index (χ4n) is 1.87. The number of carbonyl (C=O) groups is 1. The molecule has 114 valence electrons. The summed E-state index contributed by atoms with van der Waals surface area (Å²) < 4.78 is 5.87. The molecule has 0 spiro atoms. The van der Waals surface area contributed by atoms with Gasteiger partial charge in [-0.25, -0.2) is 0 Å². The van der Waals surface area contributed by atoms with Gasteiger partial charge in [-0.1, -0.05) is 0 Å². The minimum absolute atomic E-state index is 0.0465. The van der Waals surface area contributed by atoms with E-state index in [4.69, 9.17) is 5.73 Å². The lowest BCUT2D eigenvalue weighted by molar-refractivity contribution is 0.0945. The number of nitrogens with zero attached hydrogens (tertiary/aromatic N) is 3. The van der Waals surface area contributed by atoms with Gasteiger partial charge in [0.2, 0.25) is 0 Å². The van der Waals surface area contributed by atoms with Crippen LogP contribution in [0.5, 0.6) is 0 Å². The summed E-state index contributed by atoms with van der Waals surface area (Å²) in [6, 6.07) is 0.0465. The molecular formula is C13H20N6OS. The molecule has 0 saturated heterocycles. The second-order valence-electron chi connectivity index (χ2n) is 5.13. The summed E-state index contributed by atoms with van der Waals surface area (Å²) in [5, 5.41) is 10.9. The second kappa shape index (κ2) is 6.13. The van der Waals surface area contributed by atoms with E-state index in [9.17, 15) is 4.79 Å². The van der Waals surface area contributed by atoms with E-state index in [-0.39, 0.29) is 17.8 Å². The van der Waals surface area contributed by atoms with Crippen molar-refractivity contribution in [2.75, 3.05) is 11.1 Å². The summed E-state index contributed by atoms with van der Waals surface area (Å²) in [4.78, 5) is 12.2. The molecular weight excluding hydrogens is 288 g/mol. The monoisotopic (exact) mass is 308 g/mol. The third kappa shape index (κ3) is 3.33. The van der Waals surface area contributed by atoms with Crippen LogP contribution in [0.15, 0.2) is 6.20 Å². The third-order valence-electron chi connectivity index (χ3n) is 3.14. The lowest BCUT2D eigenvalue weighted by atomic mass is 10.2. The molecule has 0 radical (unpaired) electrons. The molecule has 2 aromatic rings. The van der Waals surface area contributed by atoms with Crippen LogP contribution in [0.3, 0.4) is 0 Å². The van der Waals surface area contributed by atoms with Crippen molar-refractivity contribution >= 4 is 28.3 Å². The number of amides is 1. The van der Waals surface area contributed by atoms with Gasteiger partial charge in [-0.2, -0.15) is 9.47 Å². The van der Waals surface area contributed by atoms with Crippen LogP contribution in [0.25, 0.3) is 0 Å². The van der Waals surface area contributed by atoms with Crippen molar-refractivity contribution in [3.8, 4) is 0 Å². The molecule has 0 aliphatic rings. The smallest absolute Gasteiger partial charge is 0.258 e. The van der Waals surface area contributed by atoms with Gasteiger partial charge in [0, 0.05) is 30.9 Å². The zero-order valence-electron chi connectivity index (χ0n) is 12.6. The van der Waals surface area contributed by atoms with Crippen molar-refractivity contribution in [3.05, 3.63) is 23.0 Å². The van der Waals surface area contributed by atoms with Gasteiger partial charge in [-0.15, -0.1) is 0 Å². The minimum Gasteiger partial charge on any atom is -0.382 e. The Morgan fingerprint density at radius 1 is 1.52 bits per heavy atom. The van der Waals surface area contributed by atoms with Crippen molar-refractivity contribution in [3.63, 3.8) is 0 Å². The number of rotatable bonds is 5. The predicted molar refractivity (Wildman–Crippen MR) is 84.4 cm³/mol. The van der Waals surface area contributed by atoms with Crippen LogP contribution in [0, 0.1) is 6.92 Å². The first-order valence-corrected chi connectivity index (χ1v) is 7.44. The molecule has 21 heavy (non-hydrogen) atoms. The van der Waals surface area contributed by atoms with E-state index in [2.05, 4.69) is 20.1 Å². The van der Waals surface area contributed by atoms with Crippen molar-refractivity contribution in [1.82, 2.24) is 19.5 Å². The van der Waals surface area contributed by atoms with Crippen LogP contribution >= 0.6 is 11.5 Å². The van der Waals surface area contributed by atoms with Crippen molar-refractivity contribution in [1.29, 1.82) is 0 Å². The predicted octanol–water partition coefficient (Wildman–Crippen LogP) is 1.52. The molecule has 0 aliphatic carbocycles. The Hall–Kier alpha value is -2.09. The van der Waals surface area contributed by atoms with E-state index in [0.717, 1.165) is 11.3 Å². The zero-order valence-corrected chi connectivity index (χ0v) is 13.4. The highest BCUT2D eigenvalue weighted by Gasteiger charge is 2.20. The molecule has 0 aliphatic heterocycles. The lowest BCUT2D eigenvalue weighted by Gasteiger charge is -2.10. The standard InChI is InChI=1S/C13H20N6OS/c1-7(2)17-12(20)10-11(14)18-21-13(10)15-5-9-6-16-19(4)8(9)3/h6-7,15H,5H2,1-4H3,(H2,14,18)(H,17,20). The maximum absolute atomic E-state index is 12.2. The molecule has 8 heteroatoms. The van der Waals surface area contributed by atoms with Crippen molar-refractivity contribution in [2.24, 2.45) is 7.05 Å². The number of nitrogens with two attached hydrogens (primary N) is 1. The summed E-state index contributed by atoms with van der Waals surface area (Å²) in [5.74, 6) is 0.0465. The van der Waals surface area contributed by atoms with E-state index in [1.54, 1.807) is 6.20 Å². The molecule has 0 fully saturated rings. The summed E-state index contributed by atoms with van der Waals surface area (Å²) in [6.45, 7) is 6.38. The number of anilines is 2.